The molecule has 3 fully saturated rings. The van der Waals surface area contributed by atoms with E-state index in [1.54, 1.807) is 12.1 Å². The Morgan fingerprint density at radius 2 is 2.11 bits per heavy atom. The number of rotatable bonds is 2. The maximum Gasteiger partial charge on any atom is 0.292 e. The number of hydrogen-bond donors (Lipinski definition) is 1. The van der Waals surface area contributed by atoms with Crippen molar-refractivity contribution >= 4 is 17.1 Å². The van der Waals surface area contributed by atoms with E-state index < -0.39 is 0 Å². The summed E-state index contributed by atoms with van der Waals surface area (Å²) in [6, 6.07) is 5.44. The molecule has 0 unspecified atom stereocenters. The third-order valence-electron chi connectivity index (χ3n) is 5.31. The molecule has 100 valence electrons. The lowest BCUT2D eigenvalue weighted by Gasteiger charge is -2.51. The second-order valence-electron chi connectivity index (χ2n) is 6.15. The van der Waals surface area contributed by atoms with E-state index >= 15 is 0 Å². The van der Waals surface area contributed by atoms with E-state index in [1.807, 2.05) is 0 Å². The first-order valence-electron chi connectivity index (χ1n) is 6.95. The molecule has 1 aliphatic heterocycles. The Bertz CT molecular complexity index is 558. The molecular formula is C14H17N3O2. The zero-order valence-electron chi connectivity index (χ0n) is 10.7. The fourth-order valence-corrected chi connectivity index (χ4v) is 4.52. The molecule has 4 rings (SSSR count). The summed E-state index contributed by atoms with van der Waals surface area (Å²) in [5.74, 6) is 2.37. The summed E-state index contributed by atoms with van der Waals surface area (Å²) in [6.07, 6.45) is 3.97. The predicted molar refractivity (Wildman–Crippen MR) is 73.0 cm³/mol. The summed E-state index contributed by atoms with van der Waals surface area (Å²) in [6.45, 7) is 0.968. The summed E-state index contributed by atoms with van der Waals surface area (Å²) >= 11 is 0. The first-order valence-corrected chi connectivity index (χ1v) is 6.95. The van der Waals surface area contributed by atoms with Gasteiger partial charge in [0.05, 0.1) is 4.92 Å². The third-order valence-corrected chi connectivity index (χ3v) is 5.31. The molecule has 2 aliphatic carbocycles. The van der Waals surface area contributed by atoms with Crippen LogP contribution in [0.1, 0.15) is 19.3 Å². The van der Waals surface area contributed by atoms with Gasteiger partial charge < -0.3 is 10.6 Å². The molecule has 5 nitrogen and oxygen atoms in total. The maximum absolute atomic E-state index is 11.2. The summed E-state index contributed by atoms with van der Waals surface area (Å²) in [5.41, 5.74) is 7.32. The number of anilines is 2. The van der Waals surface area contributed by atoms with Crippen molar-refractivity contribution in [3.8, 4) is 0 Å². The lowest BCUT2D eigenvalue weighted by atomic mass is 9.76. The lowest BCUT2D eigenvalue weighted by molar-refractivity contribution is -0.384. The van der Waals surface area contributed by atoms with Gasteiger partial charge in [-0.15, -0.1) is 0 Å². The Balaban J connectivity index is 1.70. The SMILES string of the molecule is Nc1ccc([N+](=O)[O-])c(N2C[C@@H]3[C@H]4CC[C@@H](C4)[C@@H]32)c1. The monoisotopic (exact) mass is 259 g/mol. The van der Waals surface area contributed by atoms with E-state index in [1.165, 1.54) is 25.3 Å². The van der Waals surface area contributed by atoms with Crippen molar-refractivity contribution in [3.05, 3.63) is 28.3 Å². The first-order chi connectivity index (χ1) is 9.15. The smallest absolute Gasteiger partial charge is 0.292 e. The number of fused-ring (bicyclic) bond motifs is 5. The highest BCUT2D eigenvalue weighted by Gasteiger charge is 2.57. The van der Waals surface area contributed by atoms with E-state index in [0.29, 0.717) is 11.7 Å². The van der Waals surface area contributed by atoms with Crippen molar-refractivity contribution in [2.24, 2.45) is 17.8 Å². The number of benzene rings is 1. The predicted octanol–water partition coefficient (Wildman–Crippen LogP) is 2.41. The molecule has 0 amide bonds. The number of hydrogen-bond acceptors (Lipinski definition) is 4. The number of nitrogen functional groups attached to an aromatic ring is 1. The maximum atomic E-state index is 11.2. The fraction of sp³-hybridized carbons (Fsp3) is 0.571. The van der Waals surface area contributed by atoms with E-state index in [0.717, 1.165) is 30.0 Å². The Morgan fingerprint density at radius 3 is 2.84 bits per heavy atom. The molecule has 0 spiro atoms. The van der Waals surface area contributed by atoms with Crippen LogP contribution in [-0.2, 0) is 0 Å². The minimum atomic E-state index is -0.296. The molecule has 2 N–H and O–H groups in total. The van der Waals surface area contributed by atoms with E-state index in [4.69, 9.17) is 5.73 Å². The van der Waals surface area contributed by atoms with Gasteiger partial charge in [0.15, 0.2) is 0 Å². The molecule has 1 aromatic carbocycles. The van der Waals surface area contributed by atoms with Gasteiger partial charge in [0.1, 0.15) is 5.69 Å². The Hall–Kier alpha value is -1.78. The molecule has 2 saturated carbocycles. The van der Waals surface area contributed by atoms with E-state index in [9.17, 15) is 10.1 Å². The standard InChI is InChI=1S/C14H17N3O2/c15-10-3-4-12(17(18)19)13(6-10)16-7-11-8-1-2-9(5-8)14(11)16/h3-4,6,8-9,11,14H,1-2,5,7,15H2/t8-,9-,11+,14-/m0/s1. The number of nitrogens with zero attached hydrogens (tertiary/aromatic N) is 2. The van der Waals surface area contributed by atoms with Crippen molar-refractivity contribution in [1.82, 2.24) is 0 Å². The molecule has 1 heterocycles. The molecule has 0 radical (unpaired) electrons. The molecule has 0 aromatic heterocycles. The molecule has 5 heteroatoms. The van der Waals surface area contributed by atoms with Gasteiger partial charge in [-0.3, -0.25) is 10.1 Å². The van der Waals surface area contributed by atoms with Gasteiger partial charge in [0, 0.05) is 24.3 Å². The van der Waals surface area contributed by atoms with Crippen molar-refractivity contribution in [3.63, 3.8) is 0 Å². The van der Waals surface area contributed by atoms with Crippen molar-refractivity contribution < 1.29 is 4.92 Å². The Labute approximate surface area is 111 Å². The minimum absolute atomic E-state index is 0.190. The molecule has 4 atom stereocenters. The summed E-state index contributed by atoms with van der Waals surface area (Å²) < 4.78 is 0. The molecule has 19 heavy (non-hydrogen) atoms. The van der Waals surface area contributed by atoms with Gasteiger partial charge in [0.25, 0.3) is 5.69 Å². The number of nitro groups is 1. The van der Waals surface area contributed by atoms with Crippen LogP contribution in [0.5, 0.6) is 0 Å². The zero-order chi connectivity index (χ0) is 13.1. The van der Waals surface area contributed by atoms with Gasteiger partial charge >= 0.3 is 0 Å². The van der Waals surface area contributed by atoms with Gasteiger partial charge in [-0.05, 0) is 49.1 Å². The van der Waals surface area contributed by atoms with Gasteiger partial charge in [-0.25, -0.2) is 0 Å². The Kier molecular flexibility index (Phi) is 2.11. The van der Waals surface area contributed by atoms with Crippen molar-refractivity contribution in [1.29, 1.82) is 0 Å². The Morgan fingerprint density at radius 1 is 1.32 bits per heavy atom. The topological polar surface area (TPSA) is 72.4 Å². The second-order valence-corrected chi connectivity index (χ2v) is 6.15. The highest BCUT2D eigenvalue weighted by atomic mass is 16.6. The quantitative estimate of drug-likeness (QED) is 0.503. The highest BCUT2D eigenvalue weighted by Crippen LogP contribution is 2.57. The van der Waals surface area contributed by atoms with Crippen LogP contribution in [0.4, 0.5) is 17.1 Å². The van der Waals surface area contributed by atoms with Crippen LogP contribution in [0.15, 0.2) is 18.2 Å². The van der Waals surface area contributed by atoms with Crippen LogP contribution in [0.25, 0.3) is 0 Å². The fourth-order valence-electron chi connectivity index (χ4n) is 4.52. The summed E-state index contributed by atoms with van der Waals surface area (Å²) in [5, 5.41) is 11.2. The number of nitro benzene ring substituents is 1. The normalized spacial score (nSPS) is 35.1. The van der Waals surface area contributed by atoms with Crippen LogP contribution < -0.4 is 10.6 Å². The largest absolute Gasteiger partial charge is 0.399 e. The van der Waals surface area contributed by atoms with Crippen LogP contribution in [0, 0.1) is 27.9 Å². The van der Waals surface area contributed by atoms with Crippen LogP contribution >= 0.6 is 0 Å². The zero-order valence-corrected chi connectivity index (χ0v) is 10.7. The third kappa shape index (κ3) is 1.41. The van der Waals surface area contributed by atoms with Gasteiger partial charge in [-0.1, -0.05) is 0 Å². The van der Waals surface area contributed by atoms with Crippen molar-refractivity contribution in [2.75, 3.05) is 17.2 Å². The van der Waals surface area contributed by atoms with Crippen LogP contribution in [-0.4, -0.2) is 17.5 Å². The minimum Gasteiger partial charge on any atom is -0.399 e. The van der Waals surface area contributed by atoms with Crippen LogP contribution in [0.2, 0.25) is 0 Å². The molecular weight excluding hydrogens is 242 g/mol. The lowest BCUT2D eigenvalue weighted by Crippen LogP contribution is -2.59. The molecule has 1 aromatic rings. The molecule has 2 bridgehead atoms. The first kappa shape index (κ1) is 11.1. The molecule has 1 saturated heterocycles. The van der Waals surface area contributed by atoms with Crippen molar-refractivity contribution in [2.45, 2.75) is 25.3 Å². The average Bonchev–Trinajstić information content (AvgIpc) is 2.85. The second kappa shape index (κ2) is 3.62. The van der Waals surface area contributed by atoms with Gasteiger partial charge in [0.2, 0.25) is 0 Å². The summed E-state index contributed by atoms with van der Waals surface area (Å²) in [4.78, 5) is 13.1. The molecule has 3 aliphatic rings. The summed E-state index contributed by atoms with van der Waals surface area (Å²) in [7, 11) is 0. The van der Waals surface area contributed by atoms with Gasteiger partial charge in [-0.2, -0.15) is 0 Å². The highest BCUT2D eigenvalue weighted by molar-refractivity contribution is 5.70. The average molecular weight is 259 g/mol. The van der Waals surface area contributed by atoms with Crippen LogP contribution in [0.3, 0.4) is 0 Å². The van der Waals surface area contributed by atoms with E-state index in [2.05, 4.69) is 4.90 Å². The van der Waals surface area contributed by atoms with E-state index in [-0.39, 0.29) is 10.6 Å². The number of nitrogens with two attached hydrogens (primary N) is 1.